The fourth-order valence-electron chi connectivity index (χ4n) is 2.05. The topological polar surface area (TPSA) is 64.6 Å². The molecule has 1 saturated heterocycles. The van der Waals surface area contributed by atoms with Crippen LogP contribution in [0.1, 0.15) is 5.56 Å². The first-order chi connectivity index (χ1) is 10.9. The van der Waals surface area contributed by atoms with Crippen molar-refractivity contribution in [3.8, 4) is 5.75 Å². The van der Waals surface area contributed by atoms with Crippen LogP contribution in [0.2, 0.25) is 0 Å². The first-order valence-corrected chi connectivity index (χ1v) is 8.56. The summed E-state index contributed by atoms with van der Waals surface area (Å²) in [5.41, 5.74) is 1.09. The maximum absolute atomic E-state index is 14.0. The summed E-state index contributed by atoms with van der Waals surface area (Å²) in [6.45, 7) is 2.73. The predicted molar refractivity (Wildman–Crippen MR) is 83.6 cm³/mol. The Bertz CT molecular complexity index is 801. The highest BCUT2D eigenvalue weighted by Gasteiger charge is 2.22. The van der Waals surface area contributed by atoms with E-state index in [1.54, 1.807) is 12.1 Å². The highest BCUT2D eigenvalue weighted by atomic mass is 32.2. The highest BCUT2D eigenvalue weighted by Crippen LogP contribution is 2.25. The lowest BCUT2D eigenvalue weighted by Crippen LogP contribution is -2.38. The van der Waals surface area contributed by atoms with Crippen molar-refractivity contribution >= 4 is 15.7 Å². The van der Waals surface area contributed by atoms with Gasteiger partial charge in [-0.1, -0.05) is 17.7 Å². The fraction of sp³-hybridized carbons (Fsp3) is 0.250. The van der Waals surface area contributed by atoms with Crippen molar-refractivity contribution in [1.82, 2.24) is 0 Å². The van der Waals surface area contributed by atoms with Crippen LogP contribution in [0.4, 0.5) is 10.1 Å². The molecule has 23 heavy (non-hydrogen) atoms. The zero-order valence-corrected chi connectivity index (χ0v) is 13.3. The molecular formula is C16H16FNO4S. The van der Waals surface area contributed by atoms with Crippen molar-refractivity contribution in [3.63, 3.8) is 0 Å². The van der Waals surface area contributed by atoms with E-state index in [1.807, 2.05) is 6.92 Å². The predicted octanol–water partition coefficient (Wildman–Crippen LogP) is 2.71. The number of nitrogens with one attached hydrogen (secondary N) is 1. The van der Waals surface area contributed by atoms with E-state index < -0.39 is 15.8 Å². The van der Waals surface area contributed by atoms with Gasteiger partial charge in [0.15, 0.2) is 11.6 Å². The number of rotatable bonds is 5. The molecule has 2 aromatic carbocycles. The summed E-state index contributed by atoms with van der Waals surface area (Å²) in [5, 5.41) is 0. The van der Waals surface area contributed by atoms with Gasteiger partial charge >= 0.3 is 0 Å². The van der Waals surface area contributed by atoms with Crippen molar-refractivity contribution in [2.45, 2.75) is 17.9 Å². The molecule has 0 bridgehead atoms. The quantitative estimate of drug-likeness (QED) is 0.911. The van der Waals surface area contributed by atoms with Crippen LogP contribution in [0.25, 0.3) is 0 Å². The molecule has 2 aromatic rings. The molecule has 5 nitrogen and oxygen atoms in total. The molecule has 0 spiro atoms. The number of benzene rings is 2. The van der Waals surface area contributed by atoms with Gasteiger partial charge in [-0.25, -0.2) is 12.8 Å². The molecular weight excluding hydrogens is 321 g/mol. The maximum atomic E-state index is 14.0. The van der Waals surface area contributed by atoms with Crippen LogP contribution in [0.5, 0.6) is 5.75 Å². The minimum atomic E-state index is -3.75. The number of ether oxygens (including phenoxy) is 2. The molecule has 0 aromatic heterocycles. The Morgan fingerprint density at radius 1 is 1.17 bits per heavy atom. The minimum absolute atomic E-state index is 0.0802. The third kappa shape index (κ3) is 3.62. The molecule has 122 valence electrons. The first-order valence-electron chi connectivity index (χ1n) is 7.07. The van der Waals surface area contributed by atoms with Gasteiger partial charge in [-0.2, -0.15) is 0 Å². The van der Waals surface area contributed by atoms with Crippen molar-refractivity contribution in [3.05, 3.63) is 53.8 Å². The summed E-state index contributed by atoms with van der Waals surface area (Å²) in [4.78, 5) is 0.121. The largest absolute Gasteiger partial charge is 0.483 e. The number of hydrogen-bond acceptors (Lipinski definition) is 4. The van der Waals surface area contributed by atoms with E-state index in [0.29, 0.717) is 13.2 Å². The molecule has 0 atom stereocenters. The van der Waals surface area contributed by atoms with Gasteiger partial charge in [0.1, 0.15) is 6.10 Å². The van der Waals surface area contributed by atoms with Crippen molar-refractivity contribution in [2.24, 2.45) is 0 Å². The lowest BCUT2D eigenvalue weighted by molar-refractivity contribution is -0.0808. The van der Waals surface area contributed by atoms with Crippen LogP contribution in [0, 0.1) is 12.7 Å². The number of sulfonamides is 1. The molecule has 1 aliphatic heterocycles. The van der Waals surface area contributed by atoms with Gasteiger partial charge in [-0.3, -0.25) is 4.72 Å². The zero-order valence-electron chi connectivity index (χ0n) is 12.5. The summed E-state index contributed by atoms with van der Waals surface area (Å²) in [5.74, 6) is -0.544. The van der Waals surface area contributed by atoms with E-state index in [2.05, 4.69) is 4.72 Å². The molecule has 0 unspecified atom stereocenters. The Morgan fingerprint density at radius 3 is 2.43 bits per heavy atom. The van der Waals surface area contributed by atoms with E-state index in [9.17, 15) is 12.8 Å². The average molecular weight is 337 g/mol. The summed E-state index contributed by atoms with van der Waals surface area (Å²) in [7, 11) is -3.75. The molecule has 1 heterocycles. The Labute approximate surface area is 134 Å². The second kappa shape index (κ2) is 6.17. The molecule has 3 rings (SSSR count). The summed E-state index contributed by atoms with van der Waals surface area (Å²) >= 11 is 0. The Kier molecular flexibility index (Phi) is 4.23. The summed E-state index contributed by atoms with van der Waals surface area (Å²) in [6.07, 6.45) is -0.153. The van der Waals surface area contributed by atoms with Gasteiger partial charge in [0.2, 0.25) is 0 Å². The average Bonchev–Trinajstić information content (AvgIpc) is 2.44. The number of hydrogen-bond donors (Lipinski definition) is 1. The monoisotopic (exact) mass is 337 g/mol. The number of aryl methyl sites for hydroxylation is 1. The van der Waals surface area contributed by atoms with E-state index in [4.69, 9.17) is 9.47 Å². The summed E-state index contributed by atoms with van der Waals surface area (Å²) < 4.78 is 51.2. The first kappa shape index (κ1) is 15.8. The van der Waals surface area contributed by atoms with E-state index in [1.165, 1.54) is 24.3 Å². The fourth-order valence-corrected chi connectivity index (χ4v) is 3.10. The lowest BCUT2D eigenvalue weighted by atomic mass is 10.2. The Morgan fingerprint density at radius 2 is 1.87 bits per heavy atom. The molecule has 7 heteroatoms. The molecule has 1 N–H and O–H groups in total. The van der Waals surface area contributed by atoms with Crippen LogP contribution < -0.4 is 9.46 Å². The van der Waals surface area contributed by atoms with Crippen molar-refractivity contribution < 1.29 is 22.3 Å². The maximum Gasteiger partial charge on any atom is 0.261 e. The lowest BCUT2D eigenvalue weighted by Gasteiger charge is -2.26. The van der Waals surface area contributed by atoms with Crippen molar-refractivity contribution in [2.75, 3.05) is 17.9 Å². The van der Waals surface area contributed by atoms with Gasteiger partial charge < -0.3 is 9.47 Å². The highest BCUT2D eigenvalue weighted by molar-refractivity contribution is 7.92. The second-order valence-corrected chi connectivity index (χ2v) is 7.02. The van der Waals surface area contributed by atoms with E-state index in [-0.39, 0.29) is 22.4 Å². The van der Waals surface area contributed by atoms with Crippen LogP contribution in [-0.4, -0.2) is 27.7 Å². The van der Waals surface area contributed by atoms with Crippen LogP contribution in [0.15, 0.2) is 47.4 Å². The molecule has 1 aliphatic rings. The normalized spacial score (nSPS) is 15.0. The number of anilines is 1. The van der Waals surface area contributed by atoms with Gasteiger partial charge in [0.05, 0.1) is 23.8 Å². The Hall–Kier alpha value is -2.12. The number of halogens is 1. The molecule has 0 saturated carbocycles. The standard InChI is InChI=1S/C16H16FNO4S/c1-11-2-5-14(6-3-11)23(19,20)18-12-4-7-16(15(17)8-12)22-13-9-21-10-13/h2-8,13,18H,9-10H2,1H3. The zero-order chi connectivity index (χ0) is 16.4. The van der Waals surface area contributed by atoms with Gasteiger partial charge in [-0.15, -0.1) is 0 Å². The summed E-state index contributed by atoms with van der Waals surface area (Å²) in [6, 6.07) is 10.4. The third-order valence-electron chi connectivity index (χ3n) is 3.42. The third-order valence-corrected chi connectivity index (χ3v) is 4.81. The SMILES string of the molecule is Cc1ccc(S(=O)(=O)Nc2ccc(OC3COC3)c(F)c2)cc1. The van der Waals surface area contributed by atoms with Crippen LogP contribution >= 0.6 is 0 Å². The molecule has 0 aliphatic carbocycles. The van der Waals surface area contributed by atoms with E-state index >= 15 is 0 Å². The van der Waals surface area contributed by atoms with Crippen LogP contribution in [0.3, 0.4) is 0 Å². The van der Waals surface area contributed by atoms with E-state index in [0.717, 1.165) is 11.6 Å². The van der Waals surface area contributed by atoms with Crippen LogP contribution in [-0.2, 0) is 14.8 Å². The van der Waals surface area contributed by atoms with Crippen molar-refractivity contribution in [1.29, 1.82) is 0 Å². The van der Waals surface area contributed by atoms with Gasteiger partial charge in [0, 0.05) is 6.07 Å². The smallest absolute Gasteiger partial charge is 0.261 e. The second-order valence-electron chi connectivity index (χ2n) is 5.34. The molecule has 0 amide bonds. The minimum Gasteiger partial charge on any atom is -0.483 e. The van der Waals surface area contributed by atoms with Gasteiger partial charge in [0.25, 0.3) is 10.0 Å². The molecule has 0 radical (unpaired) electrons. The molecule has 1 fully saturated rings. The van der Waals surface area contributed by atoms with Gasteiger partial charge in [-0.05, 0) is 31.2 Å². The Balaban J connectivity index is 1.76.